The Morgan fingerprint density at radius 2 is 0.896 bits per heavy atom. The van der Waals surface area contributed by atoms with Gasteiger partial charge in [0.15, 0.2) is 0 Å². The summed E-state index contributed by atoms with van der Waals surface area (Å²) in [7, 11) is 0. The number of rotatable bonds is 5. The molecule has 0 bridgehead atoms. The fraction of sp³-hybridized carbons (Fsp3) is 0.0638. The van der Waals surface area contributed by atoms with Gasteiger partial charge in [0.1, 0.15) is 0 Å². The summed E-state index contributed by atoms with van der Waals surface area (Å²) in [5, 5.41) is 5.02. The van der Waals surface area contributed by atoms with Crippen LogP contribution < -0.4 is 4.90 Å². The number of anilines is 3. The zero-order chi connectivity index (χ0) is 32.2. The van der Waals surface area contributed by atoms with Gasteiger partial charge in [0, 0.05) is 22.4 Å². The second kappa shape index (κ2) is 11.1. The molecular weight excluding hydrogens is 579 g/mol. The van der Waals surface area contributed by atoms with E-state index in [0.717, 1.165) is 11.4 Å². The molecule has 1 aliphatic carbocycles. The number of para-hydroxylation sites is 1. The van der Waals surface area contributed by atoms with Crippen molar-refractivity contribution in [3.63, 3.8) is 0 Å². The van der Waals surface area contributed by atoms with Gasteiger partial charge in [0.2, 0.25) is 0 Å². The maximum absolute atomic E-state index is 2.41. The number of benzene rings is 8. The minimum absolute atomic E-state index is 0.0571. The van der Waals surface area contributed by atoms with Crippen LogP contribution in [0.5, 0.6) is 0 Å². The summed E-state index contributed by atoms with van der Waals surface area (Å²) in [6.45, 7) is 4.69. The van der Waals surface area contributed by atoms with Crippen molar-refractivity contribution in [1.29, 1.82) is 0 Å². The molecule has 0 aromatic heterocycles. The van der Waals surface area contributed by atoms with E-state index in [2.05, 4.69) is 195 Å². The Morgan fingerprint density at radius 3 is 1.62 bits per heavy atom. The van der Waals surface area contributed by atoms with Crippen LogP contribution in [-0.4, -0.2) is 0 Å². The lowest BCUT2D eigenvalue weighted by Crippen LogP contribution is -2.16. The summed E-state index contributed by atoms with van der Waals surface area (Å²) in [5.74, 6) is 0. The predicted molar refractivity (Wildman–Crippen MR) is 205 cm³/mol. The smallest absolute Gasteiger partial charge is 0.0543 e. The van der Waals surface area contributed by atoms with E-state index in [9.17, 15) is 0 Å². The topological polar surface area (TPSA) is 3.24 Å². The molecule has 0 aliphatic heterocycles. The van der Waals surface area contributed by atoms with Crippen LogP contribution in [-0.2, 0) is 5.41 Å². The number of hydrogen-bond acceptors (Lipinski definition) is 1. The third-order valence-electron chi connectivity index (χ3n) is 10.2. The van der Waals surface area contributed by atoms with Gasteiger partial charge in [-0.15, -0.1) is 0 Å². The average molecular weight is 614 g/mol. The van der Waals surface area contributed by atoms with Gasteiger partial charge >= 0.3 is 0 Å². The maximum Gasteiger partial charge on any atom is 0.0543 e. The van der Waals surface area contributed by atoms with Crippen LogP contribution >= 0.6 is 0 Å². The van der Waals surface area contributed by atoms with Crippen molar-refractivity contribution in [1.82, 2.24) is 0 Å². The minimum atomic E-state index is -0.0571. The summed E-state index contributed by atoms with van der Waals surface area (Å²) in [6, 6.07) is 64.4. The van der Waals surface area contributed by atoms with E-state index in [-0.39, 0.29) is 5.41 Å². The first-order valence-electron chi connectivity index (χ1n) is 16.8. The van der Waals surface area contributed by atoms with Gasteiger partial charge in [-0.25, -0.2) is 0 Å². The molecule has 0 fully saturated rings. The van der Waals surface area contributed by atoms with Crippen LogP contribution in [0.3, 0.4) is 0 Å². The summed E-state index contributed by atoms with van der Waals surface area (Å²) < 4.78 is 0. The average Bonchev–Trinajstić information content (AvgIpc) is 3.38. The van der Waals surface area contributed by atoms with Crippen LogP contribution in [0.25, 0.3) is 54.9 Å². The Morgan fingerprint density at radius 1 is 0.375 bits per heavy atom. The lowest BCUT2D eigenvalue weighted by Gasteiger charge is -2.29. The minimum Gasteiger partial charge on any atom is -0.310 e. The fourth-order valence-corrected chi connectivity index (χ4v) is 7.70. The van der Waals surface area contributed by atoms with Crippen molar-refractivity contribution in [2.75, 3.05) is 4.90 Å². The fourth-order valence-electron chi connectivity index (χ4n) is 7.70. The van der Waals surface area contributed by atoms with E-state index in [1.165, 1.54) is 71.7 Å². The highest BCUT2D eigenvalue weighted by molar-refractivity contribution is 5.96. The largest absolute Gasteiger partial charge is 0.310 e. The Kier molecular flexibility index (Phi) is 6.55. The van der Waals surface area contributed by atoms with Crippen molar-refractivity contribution in [2.45, 2.75) is 19.3 Å². The first-order chi connectivity index (χ1) is 23.5. The molecule has 0 spiro atoms. The van der Waals surface area contributed by atoms with Gasteiger partial charge in [-0.1, -0.05) is 141 Å². The molecule has 0 heterocycles. The Bertz CT molecular complexity index is 2470. The standard InChI is InChI=1S/C47H35N/c1-47(2)43-16-9-8-15-42(43)46-44(47)17-10-18-45(46)48(40-13-4-3-5-14-40)41-27-25-33(26-28-41)36-22-20-34-21-24-38(31-39(34)30-36)37-23-19-32-11-6-7-12-35(32)29-37/h3-31H,1-2H3. The molecule has 0 amide bonds. The Balaban J connectivity index is 1.11. The van der Waals surface area contributed by atoms with Crippen molar-refractivity contribution in [3.05, 3.63) is 187 Å². The first kappa shape index (κ1) is 28.3. The van der Waals surface area contributed by atoms with Crippen molar-refractivity contribution >= 4 is 38.6 Å². The van der Waals surface area contributed by atoms with Crippen LogP contribution in [0.15, 0.2) is 176 Å². The van der Waals surface area contributed by atoms with Gasteiger partial charge < -0.3 is 4.90 Å². The van der Waals surface area contributed by atoms with Gasteiger partial charge in [0.25, 0.3) is 0 Å². The third-order valence-corrected chi connectivity index (χ3v) is 10.2. The van der Waals surface area contributed by atoms with Gasteiger partial charge in [-0.2, -0.15) is 0 Å². The second-order valence-electron chi connectivity index (χ2n) is 13.4. The SMILES string of the molecule is CC1(C)c2ccccc2-c2c(N(c3ccccc3)c3ccc(-c4ccc5ccc(-c6ccc7ccccc7c6)cc5c4)cc3)cccc21. The Hall–Kier alpha value is -5.92. The molecule has 1 aliphatic rings. The van der Waals surface area contributed by atoms with E-state index in [0.29, 0.717) is 0 Å². The molecule has 8 aromatic carbocycles. The third kappa shape index (κ3) is 4.62. The molecule has 9 rings (SSSR count). The van der Waals surface area contributed by atoms with Crippen molar-refractivity contribution < 1.29 is 0 Å². The molecule has 1 nitrogen and oxygen atoms in total. The van der Waals surface area contributed by atoms with Crippen molar-refractivity contribution in [3.8, 4) is 33.4 Å². The van der Waals surface area contributed by atoms with Gasteiger partial charge in [-0.05, 0) is 109 Å². The number of hydrogen-bond donors (Lipinski definition) is 0. The zero-order valence-corrected chi connectivity index (χ0v) is 27.2. The molecule has 1 heteroatoms. The number of nitrogens with zero attached hydrogens (tertiary/aromatic N) is 1. The van der Waals surface area contributed by atoms with E-state index >= 15 is 0 Å². The highest BCUT2D eigenvalue weighted by Crippen LogP contribution is 2.54. The highest BCUT2D eigenvalue weighted by Gasteiger charge is 2.37. The molecule has 0 radical (unpaired) electrons. The summed E-state index contributed by atoms with van der Waals surface area (Å²) in [4.78, 5) is 2.41. The summed E-state index contributed by atoms with van der Waals surface area (Å²) >= 11 is 0. The lowest BCUT2D eigenvalue weighted by molar-refractivity contribution is 0.660. The van der Waals surface area contributed by atoms with Crippen LogP contribution in [0.4, 0.5) is 17.1 Å². The van der Waals surface area contributed by atoms with E-state index in [4.69, 9.17) is 0 Å². The predicted octanol–water partition coefficient (Wildman–Crippen LogP) is 13.1. The van der Waals surface area contributed by atoms with Gasteiger partial charge in [-0.3, -0.25) is 0 Å². The summed E-state index contributed by atoms with van der Waals surface area (Å²) in [5.41, 5.74) is 13.7. The molecular formula is C47H35N. The van der Waals surface area contributed by atoms with Gasteiger partial charge in [0.05, 0.1) is 5.69 Å². The molecule has 0 saturated carbocycles. The molecule has 0 unspecified atom stereocenters. The normalized spacial score (nSPS) is 13.0. The number of fused-ring (bicyclic) bond motifs is 5. The maximum atomic E-state index is 2.41. The van der Waals surface area contributed by atoms with Crippen LogP contribution in [0.1, 0.15) is 25.0 Å². The molecule has 228 valence electrons. The van der Waals surface area contributed by atoms with E-state index < -0.39 is 0 Å². The highest BCUT2D eigenvalue weighted by atomic mass is 15.1. The first-order valence-corrected chi connectivity index (χ1v) is 16.8. The van der Waals surface area contributed by atoms with Crippen molar-refractivity contribution in [2.24, 2.45) is 0 Å². The monoisotopic (exact) mass is 613 g/mol. The van der Waals surface area contributed by atoms with E-state index in [1.54, 1.807) is 0 Å². The lowest BCUT2D eigenvalue weighted by atomic mass is 9.82. The molecule has 0 atom stereocenters. The quantitative estimate of drug-likeness (QED) is 0.187. The molecule has 0 N–H and O–H groups in total. The Labute approximate surface area is 282 Å². The molecule has 48 heavy (non-hydrogen) atoms. The molecule has 8 aromatic rings. The molecule has 0 saturated heterocycles. The van der Waals surface area contributed by atoms with Crippen LogP contribution in [0, 0.1) is 0 Å². The van der Waals surface area contributed by atoms with E-state index in [1.807, 2.05) is 0 Å². The zero-order valence-electron chi connectivity index (χ0n) is 27.2. The second-order valence-corrected chi connectivity index (χ2v) is 13.4. The van der Waals surface area contributed by atoms with Crippen LogP contribution in [0.2, 0.25) is 0 Å². The summed E-state index contributed by atoms with van der Waals surface area (Å²) in [6.07, 6.45) is 0.